The van der Waals surface area contributed by atoms with Gasteiger partial charge in [0.25, 0.3) is 0 Å². The number of aryl methyl sites for hydroxylation is 1. The zero-order chi connectivity index (χ0) is 14.8. The maximum atomic E-state index is 3.73. The van der Waals surface area contributed by atoms with E-state index in [0.717, 1.165) is 5.92 Å². The molecule has 112 valence electrons. The van der Waals surface area contributed by atoms with Crippen LogP contribution in [0.2, 0.25) is 0 Å². The molecule has 0 aromatic heterocycles. The van der Waals surface area contributed by atoms with Gasteiger partial charge < -0.3 is 5.32 Å². The van der Waals surface area contributed by atoms with Crippen molar-refractivity contribution in [3.63, 3.8) is 0 Å². The van der Waals surface area contributed by atoms with E-state index in [1.165, 1.54) is 47.8 Å². The lowest BCUT2D eigenvalue weighted by Gasteiger charge is -2.39. The van der Waals surface area contributed by atoms with E-state index in [1.54, 1.807) is 0 Å². The molecule has 0 amide bonds. The van der Waals surface area contributed by atoms with Crippen molar-refractivity contribution < 1.29 is 0 Å². The highest BCUT2D eigenvalue weighted by Gasteiger charge is 2.31. The maximum absolute atomic E-state index is 3.73. The molecule has 0 saturated heterocycles. The molecule has 0 spiro atoms. The summed E-state index contributed by atoms with van der Waals surface area (Å²) in [7, 11) is 0. The van der Waals surface area contributed by atoms with Crippen LogP contribution in [0.3, 0.4) is 0 Å². The van der Waals surface area contributed by atoms with Gasteiger partial charge in [0, 0.05) is 16.2 Å². The van der Waals surface area contributed by atoms with E-state index < -0.39 is 0 Å². The number of nitrogens with one attached hydrogen (secondary N) is 1. The fourth-order valence-corrected chi connectivity index (χ4v) is 3.64. The molecule has 2 heteroatoms. The van der Waals surface area contributed by atoms with Crippen LogP contribution in [-0.2, 0) is 0 Å². The van der Waals surface area contributed by atoms with Crippen LogP contribution < -0.4 is 5.32 Å². The van der Waals surface area contributed by atoms with Crippen LogP contribution in [0.15, 0.2) is 22.7 Å². The number of halogens is 1. The van der Waals surface area contributed by atoms with Gasteiger partial charge in [-0.3, -0.25) is 0 Å². The Morgan fingerprint density at radius 3 is 2.45 bits per heavy atom. The molecule has 1 saturated carbocycles. The summed E-state index contributed by atoms with van der Waals surface area (Å²) in [5.41, 5.74) is 3.08. The molecule has 1 aromatic carbocycles. The van der Waals surface area contributed by atoms with Crippen molar-refractivity contribution >= 4 is 21.6 Å². The van der Waals surface area contributed by atoms with Crippen molar-refractivity contribution in [2.24, 2.45) is 11.3 Å². The first kappa shape index (κ1) is 15.9. The molecule has 1 N–H and O–H groups in total. The Kier molecular flexibility index (Phi) is 5.17. The molecule has 1 nitrogen and oxygen atoms in total. The topological polar surface area (TPSA) is 12.0 Å². The largest absolute Gasteiger partial charge is 0.381 e. The van der Waals surface area contributed by atoms with Crippen molar-refractivity contribution in [1.82, 2.24) is 0 Å². The lowest BCUT2D eigenvalue weighted by Crippen LogP contribution is -2.32. The van der Waals surface area contributed by atoms with E-state index >= 15 is 0 Å². The normalized spacial score (nSPS) is 23.6. The van der Waals surface area contributed by atoms with Crippen LogP contribution in [-0.4, -0.2) is 6.04 Å². The van der Waals surface area contributed by atoms with Gasteiger partial charge in [0.1, 0.15) is 0 Å². The summed E-state index contributed by atoms with van der Waals surface area (Å²) < 4.78 is 1.18. The molecule has 0 heterocycles. The molecule has 1 fully saturated rings. The van der Waals surface area contributed by atoms with Gasteiger partial charge in [0.05, 0.1) is 0 Å². The monoisotopic (exact) mass is 337 g/mol. The lowest BCUT2D eigenvalue weighted by molar-refractivity contribution is 0.147. The molecule has 0 atom stereocenters. The third-order valence-electron chi connectivity index (χ3n) is 5.23. The second-order valence-electron chi connectivity index (χ2n) is 7.02. The Labute approximate surface area is 132 Å². The van der Waals surface area contributed by atoms with E-state index in [2.05, 4.69) is 67.1 Å². The maximum Gasteiger partial charge on any atom is 0.0489 e. The van der Waals surface area contributed by atoms with Crippen LogP contribution in [0, 0.1) is 18.3 Å². The predicted molar refractivity (Wildman–Crippen MR) is 92.3 cm³/mol. The van der Waals surface area contributed by atoms with Gasteiger partial charge in [-0.25, -0.2) is 0 Å². The van der Waals surface area contributed by atoms with Crippen molar-refractivity contribution in [2.75, 3.05) is 5.32 Å². The Hall–Kier alpha value is -0.500. The third-order valence-corrected chi connectivity index (χ3v) is 5.92. The second kappa shape index (κ2) is 6.51. The molecule has 0 bridgehead atoms. The lowest BCUT2D eigenvalue weighted by atomic mass is 9.69. The summed E-state index contributed by atoms with van der Waals surface area (Å²) in [5, 5.41) is 3.73. The van der Waals surface area contributed by atoms with Crippen LogP contribution in [0.1, 0.15) is 58.4 Å². The van der Waals surface area contributed by atoms with Gasteiger partial charge in [0.2, 0.25) is 0 Å². The first-order valence-electron chi connectivity index (χ1n) is 7.95. The summed E-state index contributed by atoms with van der Waals surface area (Å²) in [6.07, 6.45) is 6.62. The molecule has 0 aliphatic heterocycles. The van der Waals surface area contributed by atoms with Gasteiger partial charge in [-0.15, -0.1) is 0 Å². The van der Waals surface area contributed by atoms with Crippen molar-refractivity contribution in [3.8, 4) is 0 Å². The molecule has 1 aliphatic rings. The minimum atomic E-state index is 0.509. The minimum Gasteiger partial charge on any atom is -0.381 e. The van der Waals surface area contributed by atoms with Crippen LogP contribution in [0.25, 0.3) is 0 Å². The standard InChI is InChI=1S/C18H28BrN/c1-5-18(3,4)14-7-9-15(10-8-14)20-17-12-13(2)6-11-16(17)19/h6,11-12,14-15,20H,5,7-10H2,1-4H3. The number of rotatable bonds is 4. The third kappa shape index (κ3) is 3.78. The van der Waals surface area contributed by atoms with E-state index in [4.69, 9.17) is 0 Å². The molecular weight excluding hydrogens is 310 g/mol. The second-order valence-corrected chi connectivity index (χ2v) is 7.87. The first-order valence-corrected chi connectivity index (χ1v) is 8.74. The Morgan fingerprint density at radius 1 is 1.20 bits per heavy atom. The Balaban J connectivity index is 1.93. The first-order chi connectivity index (χ1) is 9.42. The SMILES string of the molecule is CCC(C)(C)C1CCC(Nc2cc(C)ccc2Br)CC1. The predicted octanol–water partition coefficient (Wildman–Crippen LogP) is 6.16. The molecule has 1 aromatic rings. The molecular formula is C18H28BrN. The zero-order valence-electron chi connectivity index (χ0n) is 13.3. The molecule has 2 rings (SSSR count). The van der Waals surface area contributed by atoms with E-state index in [1.807, 2.05) is 0 Å². The zero-order valence-corrected chi connectivity index (χ0v) is 14.9. The van der Waals surface area contributed by atoms with E-state index in [9.17, 15) is 0 Å². The summed E-state index contributed by atoms with van der Waals surface area (Å²) >= 11 is 3.65. The average molecular weight is 338 g/mol. The smallest absolute Gasteiger partial charge is 0.0489 e. The van der Waals surface area contributed by atoms with Gasteiger partial charge >= 0.3 is 0 Å². The fourth-order valence-electron chi connectivity index (χ4n) is 3.28. The van der Waals surface area contributed by atoms with Crippen molar-refractivity contribution in [1.29, 1.82) is 0 Å². The molecule has 20 heavy (non-hydrogen) atoms. The highest BCUT2D eigenvalue weighted by atomic mass is 79.9. The molecule has 1 aliphatic carbocycles. The number of anilines is 1. The number of hydrogen-bond donors (Lipinski definition) is 1. The highest BCUT2D eigenvalue weighted by molar-refractivity contribution is 9.10. The minimum absolute atomic E-state index is 0.509. The Morgan fingerprint density at radius 2 is 1.85 bits per heavy atom. The quantitative estimate of drug-likeness (QED) is 0.693. The summed E-state index contributed by atoms with van der Waals surface area (Å²) in [6, 6.07) is 7.17. The van der Waals surface area contributed by atoms with E-state index in [0.29, 0.717) is 11.5 Å². The highest BCUT2D eigenvalue weighted by Crippen LogP contribution is 2.41. The average Bonchev–Trinajstić information content (AvgIpc) is 2.43. The van der Waals surface area contributed by atoms with Crippen molar-refractivity contribution in [3.05, 3.63) is 28.2 Å². The molecule has 0 radical (unpaired) electrons. The summed E-state index contributed by atoms with van der Waals surface area (Å²) in [6.45, 7) is 9.34. The van der Waals surface area contributed by atoms with E-state index in [-0.39, 0.29) is 0 Å². The van der Waals surface area contributed by atoms with Crippen LogP contribution in [0.4, 0.5) is 5.69 Å². The van der Waals surface area contributed by atoms with Crippen molar-refractivity contribution in [2.45, 2.75) is 65.8 Å². The fraction of sp³-hybridized carbons (Fsp3) is 0.667. The van der Waals surface area contributed by atoms with Gasteiger partial charge in [-0.1, -0.05) is 33.3 Å². The molecule has 0 unspecified atom stereocenters. The number of hydrogen-bond acceptors (Lipinski definition) is 1. The summed E-state index contributed by atoms with van der Waals surface area (Å²) in [4.78, 5) is 0. The van der Waals surface area contributed by atoms with Gasteiger partial charge in [-0.2, -0.15) is 0 Å². The van der Waals surface area contributed by atoms with Gasteiger partial charge in [-0.05, 0) is 77.6 Å². The summed E-state index contributed by atoms with van der Waals surface area (Å²) in [5.74, 6) is 0.895. The number of benzene rings is 1. The van der Waals surface area contributed by atoms with Crippen LogP contribution >= 0.6 is 15.9 Å². The Bertz CT molecular complexity index is 445. The van der Waals surface area contributed by atoms with Crippen LogP contribution in [0.5, 0.6) is 0 Å². The van der Waals surface area contributed by atoms with Gasteiger partial charge in [0.15, 0.2) is 0 Å².